The SMILES string of the molecule is CC(C)(C)[Si](C)(C)O[C@@H]1CN[C@@H](CN=[N+]=[N-])C1. The zero-order valence-electron chi connectivity index (χ0n) is 11.5. The molecule has 0 spiro atoms. The van der Waals surface area contributed by atoms with Crippen LogP contribution in [0, 0.1) is 0 Å². The van der Waals surface area contributed by atoms with Gasteiger partial charge in [0.25, 0.3) is 0 Å². The highest BCUT2D eigenvalue weighted by atomic mass is 28.4. The van der Waals surface area contributed by atoms with Gasteiger partial charge in [-0.15, -0.1) is 0 Å². The average molecular weight is 256 g/mol. The summed E-state index contributed by atoms with van der Waals surface area (Å²) in [6.45, 7) is 12.7. The van der Waals surface area contributed by atoms with Crippen molar-refractivity contribution in [3.8, 4) is 0 Å². The van der Waals surface area contributed by atoms with Crippen molar-refractivity contribution in [1.29, 1.82) is 0 Å². The lowest BCUT2D eigenvalue weighted by atomic mass is 10.2. The molecule has 0 aromatic carbocycles. The van der Waals surface area contributed by atoms with Gasteiger partial charge in [0.2, 0.25) is 0 Å². The summed E-state index contributed by atoms with van der Waals surface area (Å²) in [4.78, 5) is 2.79. The summed E-state index contributed by atoms with van der Waals surface area (Å²) in [6, 6.07) is 0.278. The Balaban J connectivity index is 2.47. The van der Waals surface area contributed by atoms with Gasteiger partial charge in [0, 0.05) is 24.0 Å². The standard InChI is InChI=1S/C11H24N4OSi/c1-11(2,3)17(4,5)16-10-6-9(13-8-10)7-14-15-12/h9-10,13H,6-8H2,1-5H3/t9-,10+/m1/s1. The molecule has 5 nitrogen and oxygen atoms in total. The second-order valence-electron chi connectivity index (χ2n) is 6.25. The van der Waals surface area contributed by atoms with Crippen LogP contribution in [0.3, 0.4) is 0 Å². The summed E-state index contributed by atoms with van der Waals surface area (Å²) in [6.07, 6.45) is 1.22. The first-order chi connectivity index (χ1) is 7.76. The molecule has 2 atom stereocenters. The normalized spacial score (nSPS) is 25.7. The number of nitrogens with one attached hydrogen (secondary N) is 1. The summed E-state index contributed by atoms with van der Waals surface area (Å²) in [5.41, 5.74) is 8.29. The first-order valence-electron chi connectivity index (χ1n) is 6.18. The van der Waals surface area contributed by atoms with Gasteiger partial charge >= 0.3 is 0 Å². The van der Waals surface area contributed by atoms with E-state index in [9.17, 15) is 0 Å². The molecule has 1 rings (SSSR count). The van der Waals surface area contributed by atoms with E-state index in [1.165, 1.54) is 0 Å². The summed E-state index contributed by atoms with van der Waals surface area (Å²) in [5, 5.41) is 7.20. The predicted octanol–water partition coefficient (Wildman–Crippen LogP) is 3.05. The number of azide groups is 1. The summed E-state index contributed by atoms with van der Waals surface area (Å²) < 4.78 is 6.32. The van der Waals surface area contributed by atoms with E-state index in [1.54, 1.807) is 0 Å². The topological polar surface area (TPSA) is 70.0 Å². The molecule has 1 saturated heterocycles. The zero-order valence-corrected chi connectivity index (χ0v) is 12.5. The van der Waals surface area contributed by atoms with E-state index >= 15 is 0 Å². The van der Waals surface area contributed by atoms with Crippen molar-refractivity contribution in [2.45, 2.75) is 57.5 Å². The largest absolute Gasteiger partial charge is 0.413 e. The van der Waals surface area contributed by atoms with Gasteiger partial charge in [-0.1, -0.05) is 25.9 Å². The highest BCUT2D eigenvalue weighted by Gasteiger charge is 2.40. The molecule has 0 saturated carbocycles. The molecule has 6 heteroatoms. The zero-order chi connectivity index (χ0) is 13.1. The van der Waals surface area contributed by atoms with Crippen LogP contribution in [0.4, 0.5) is 0 Å². The van der Waals surface area contributed by atoms with Crippen molar-refractivity contribution in [3.63, 3.8) is 0 Å². The molecule has 98 valence electrons. The Morgan fingerprint density at radius 2 is 2.12 bits per heavy atom. The molecule has 1 aliphatic heterocycles. The fraction of sp³-hybridized carbons (Fsp3) is 1.00. The quantitative estimate of drug-likeness (QED) is 0.363. The van der Waals surface area contributed by atoms with Gasteiger partial charge in [0.1, 0.15) is 0 Å². The molecule has 0 amide bonds. The fourth-order valence-corrected chi connectivity index (χ4v) is 3.11. The molecule has 17 heavy (non-hydrogen) atoms. The molecular weight excluding hydrogens is 232 g/mol. The van der Waals surface area contributed by atoms with Crippen LogP contribution in [-0.4, -0.2) is 33.6 Å². The van der Waals surface area contributed by atoms with Crippen LogP contribution in [0.25, 0.3) is 10.4 Å². The molecule has 1 N–H and O–H groups in total. The molecule has 0 bridgehead atoms. The van der Waals surface area contributed by atoms with E-state index in [2.05, 4.69) is 49.2 Å². The highest BCUT2D eigenvalue weighted by molar-refractivity contribution is 6.74. The Morgan fingerprint density at radius 1 is 1.47 bits per heavy atom. The lowest BCUT2D eigenvalue weighted by Gasteiger charge is -2.38. The molecule has 1 heterocycles. The van der Waals surface area contributed by atoms with Crippen molar-refractivity contribution < 1.29 is 4.43 Å². The van der Waals surface area contributed by atoms with Crippen LogP contribution in [0.5, 0.6) is 0 Å². The second kappa shape index (κ2) is 5.39. The van der Waals surface area contributed by atoms with Gasteiger partial charge in [0.05, 0.1) is 6.10 Å². The lowest BCUT2D eigenvalue weighted by Crippen LogP contribution is -2.44. The van der Waals surface area contributed by atoms with Crippen molar-refractivity contribution >= 4 is 8.32 Å². The van der Waals surface area contributed by atoms with E-state index in [0.29, 0.717) is 6.54 Å². The molecule has 1 fully saturated rings. The molecule has 0 aliphatic carbocycles. The third kappa shape index (κ3) is 3.99. The van der Waals surface area contributed by atoms with Crippen molar-refractivity contribution in [2.24, 2.45) is 5.11 Å². The van der Waals surface area contributed by atoms with Gasteiger partial charge in [-0.2, -0.15) is 0 Å². The van der Waals surface area contributed by atoms with Crippen LogP contribution in [0.15, 0.2) is 5.11 Å². The fourth-order valence-electron chi connectivity index (χ4n) is 1.74. The molecule has 0 radical (unpaired) electrons. The highest BCUT2D eigenvalue weighted by Crippen LogP contribution is 2.38. The molecule has 1 aliphatic rings. The second-order valence-corrected chi connectivity index (χ2v) is 11.0. The number of hydrogen-bond donors (Lipinski definition) is 1. The van der Waals surface area contributed by atoms with Crippen LogP contribution < -0.4 is 5.32 Å². The third-order valence-corrected chi connectivity index (χ3v) is 8.35. The smallest absolute Gasteiger partial charge is 0.192 e. The Labute approximate surface area is 105 Å². The average Bonchev–Trinajstić information content (AvgIpc) is 2.60. The number of hydrogen-bond acceptors (Lipinski definition) is 3. The van der Waals surface area contributed by atoms with Crippen LogP contribution in [-0.2, 0) is 4.43 Å². The Bertz CT molecular complexity index is 307. The van der Waals surface area contributed by atoms with E-state index in [0.717, 1.165) is 13.0 Å². The van der Waals surface area contributed by atoms with E-state index < -0.39 is 8.32 Å². The monoisotopic (exact) mass is 256 g/mol. The van der Waals surface area contributed by atoms with Crippen molar-refractivity contribution in [2.75, 3.05) is 13.1 Å². The number of rotatable bonds is 4. The summed E-state index contributed by atoms with van der Waals surface area (Å²) >= 11 is 0. The van der Waals surface area contributed by atoms with Gasteiger partial charge in [-0.05, 0) is 30.1 Å². The van der Waals surface area contributed by atoms with E-state index in [-0.39, 0.29) is 17.2 Å². The molecular formula is C11H24N4OSi. The summed E-state index contributed by atoms with van der Waals surface area (Å²) in [7, 11) is -1.67. The van der Waals surface area contributed by atoms with Crippen molar-refractivity contribution in [3.05, 3.63) is 10.4 Å². The lowest BCUT2D eigenvalue weighted by molar-refractivity contribution is 0.197. The van der Waals surface area contributed by atoms with E-state index in [1.807, 2.05) is 0 Å². The van der Waals surface area contributed by atoms with Crippen LogP contribution in [0.1, 0.15) is 27.2 Å². The molecule has 0 unspecified atom stereocenters. The minimum Gasteiger partial charge on any atom is -0.413 e. The Morgan fingerprint density at radius 3 is 2.65 bits per heavy atom. The van der Waals surface area contributed by atoms with Gasteiger partial charge in [0.15, 0.2) is 8.32 Å². The first-order valence-corrected chi connectivity index (χ1v) is 9.09. The summed E-state index contributed by atoms with van der Waals surface area (Å²) in [5.74, 6) is 0. The molecule has 0 aromatic rings. The van der Waals surface area contributed by atoms with Gasteiger partial charge in [-0.25, -0.2) is 0 Å². The minimum atomic E-state index is -1.67. The molecule has 0 aromatic heterocycles. The minimum absolute atomic E-state index is 0.246. The predicted molar refractivity (Wildman–Crippen MR) is 72.5 cm³/mol. The van der Waals surface area contributed by atoms with E-state index in [4.69, 9.17) is 9.96 Å². The first kappa shape index (κ1) is 14.5. The number of nitrogens with zero attached hydrogens (tertiary/aromatic N) is 3. The Kier molecular flexibility index (Phi) is 4.60. The van der Waals surface area contributed by atoms with Crippen LogP contribution >= 0.6 is 0 Å². The Hall–Kier alpha value is -0.553. The van der Waals surface area contributed by atoms with Crippen molar-refractivity contribution in [1.82, 2.24) is 5.32 Å². The maximum absolute atomic E-state index is 8.29. The third-order valence-electron chi connectivity index (χ3n) is 3.81. The van der Waals surface area contributed by atoms with Crippen LogP contribution in [0.2, 0.25) is 18.1 Å². The maximum atomic E-state index is 8.29. The van der Waals surface area contributed by atoms with Gasteiger partial charge in [-0.3, -0.25) is 0 Å². The maximum Gasteiger partial charge on any atom is 0.192 e. The van der Waals surface area contributed by atoms with Gasteiger partial charge < -0.3 is 9.74 Å².